The third-order valence-corrected chi connectivity index (χ3v) is 3.61. The van der Waals surface area contributed by atoms with Crippen LogP contribution in [-0.4, -0.2) is 43.2 Å². The Labute approximate surface area is 125 Å². The van der Waals surface area contributed by atoms with Gasteiger partial charge in [-0.1, -0.05) is 13.0 Å². The summed E-state index contributed by atoms with van der Waals surface area (Å²) in [7, 11) is 0. The number of nitrogens with two attached hydrogens (primary N) is 1. The molecular weight excluding hydrogens is 268 g/mol. The van der Waals surface area contributed by atoms with E-state index in [2.05, 4.69) is 15.2 Å². The van der Waals surface area contributed by atoms with Crippen LogP contribution in [0.15, 0.2) is 18.3 Å². The van der Waals surface area contributed by atoms with E-state index >= 15 is 0 Å². The van der Waals surface area contributed by atoms with E-state index in [1.165, 1.54) is 0 Å². The molecule has 1 amide bonds. The Kier molecular flexibility index (Phi) is 5.95. The van der Waals surface area contributed by atoms with Crippen molar-refractivity contribution in [3.8, 4) is 0 Å². The van der Waals surface area contributed by atoms with Crippen LogP contribution in [0.3, 0.4) is 0 Å². The number of hydrogen-bond acceptors (Lipinski definition) is 5. The molecule has 0 radical (unpaired) electrons. The van der Waals surface area contributed by atoms with Crippen molar-refractivity contribution in [3.63, 3.8) is 0 Å². The van der Waals surface area contributed by atoms with Gasteiger partial charge in [0.25, 0.3) is 0 Å². The fraction of sp³-hybridized carbons (Fsp3) is 0.600. The number of morpholine rings is 1. The number of nitrogens with zero attached hydrogens (tertiary/aromatic N) is 2. The molecule has 0 aromatic carbocycles. The molecule has 6 nitrogen and oxygen atoms in total. The predicted octanol–water partition coefficient (Wildman–Crippen LogP) is 0.662. The second kappa shape index (κ2) is 7.95. The average Bonchev–Trinajstić information content (AvgIpc) is 2.54. The Morgan fingerprint density at radius 2 is 2.24 bits per heavy atom. The Hall–Kier alpha value is -1.66. The zero-order chi connectivity index (χ0) is 15.1. The molecule has 0 bridgehead atoms. The summed E-state index contributed by atoms with van der Waals surface area (Å²) in [6, 6.07) is 3.93. The Morgan fingerprint density at radius 1 is 1.48 bits per heavy atom. The van der Waals surface area contributed by atoms with Gasteiger partial charge in [0, 0.05) is 38.3 Å². The maximum atomic E-state index is 11.7. The number of aromatic nitrogens is 1. The highest BCUT2D eigenvalue weighted by molar-refractivity contribution is 5.76. The summed E-state index contributed by atoms with van der Waals surface area (Å²) < 4.78 is 5.32. The minimum absolute atomic E-state index is 0.0124. The number of hydrogen-bond donors (Lipinski definition) is 2. The van der Waals surface area contributed by atoms with Gasteiger partial charge in [-0.15, -0.1) is 0 Å². The third kappa shape index (κ3) is 4.99. The summed E-state index contributed by atoms with van der Waals surface area (Å²) in [6.07, 6.45) is 2.99. The molecule has 1 atom stereocenters. The molecule has 116 valence electrons. The quantitative estimate of drug-likeness (QED) is 0.805. The average molecular weight is 292 g/mol. The molecular formula is C15H24N4O2. The van der Waals surface area contributed by atoms with Crippen LogP contribution in [-0.2, 0) is 16.1 Å². The lowest BCUT2D eigenvalue weighted by atomic mass is 10.1. The first-order valence-corrected chi connectivity index (χ1v) is 7.49. The molecule has 1 unspecified atom stereocenters. The topological polar surface area (TPSA) is 80.5 Å². The number of carbonyl (C=O) groups is 1. The highest BCUT2D eigenvalue weighted by Gasteiger charge is 2.12. The molecule has 3 N–H and O–H groups in total. The van der Waals surface area contributed by atoms with Gasteiger partial charge in [0.2, 0.25) is 5.91 Å². The minimum atomic E-state index is -0.0631. The maximum Gasteiger partial charge on any atom is 0.221 e. The van der Waals surface area contributed by atoms with E-state index in [1.807, 2.05) is 25.3 Å². The van der Waals surface area contributed by atoms with Crippen LogP contribution in [0, 0.1) is 0 Å². The van der Waals surface area contributed by atoms with Crippen molar-refractivity contribution in [2.75, 3.05) is 31.2 Å². The van der Waals surface area contributed by atoms with Gasteiger partial charge < -0.3 is 20.7 Å². The van der Waals surface area contributed by atoms with Gasteiger partial charge in [-0.3, -0.25) is 4.79 Å². The first kappa shape index (κ1) is 15.7. The molecule has 1 aromatic rings. The van der Waals surface area contributed by atoms with Crippen molar-refractivity contribution in [1.29, 1.82) is 0 Å². The van der Waals surface area contributed by atoms with Crippen LogP contribution < -0.4 is 16.0 Å². The van der Waals surface area contributed by atoms with Gasteiger partial charge in [-0.2, -0.15) is 0 Å². The number of carbonyl (C=O) groups excluding carboxylic acids is 1. The molecule has 0 saturated carbocycles. The number of pyridine rings is 1. The molecule has 6 heteroatoms. The first-order valence-electron chi connectivity index (χ1n) is 7.49. The molecule has 1 aliphatic heterocycles. The smallest absolute Gasteiger partial charge is 0.221 e. The van der Waals surface area contributed by atoms with Gasteiger partial charge in [0.1, 0.15) is 5.82 Å². The summed E-state index contributed by atoms with van der Waals surface area (Å²) in [5.41, 5.74) is 6.75. The van der Waals surface area contributed by atoms with Crippen molar-refractivity contribution < 1.29 is 9.53 Å². The number of ether oxygens (including phenoxy) is 1. The van der Waals surface area contributed by atoms with Crippen molar-refractivity contribution in [2.24, 2.45) is 5.73 Å². The molecule has 1 aliphatic rings. The van der Waals surface area contributed by atoms with Gasteiger partial charge in [0.15, 0.2) is 0 Å². The summed E-state index contributed by atoms with van der Waals surface area (Å²) in [5, 5.41) is 2.87. The van der Waals surface area contributed by atoms with E-state index in [0.717, 1.165) is 44.1 Å². The molecule has 1 aromatic heterocycles. The molecule has 1 saturated heterocycles. The van der Waals surface area contributed by atoms with Gasteiger partial charge in [-0.25, -0.2) is 4.98 Å². The summed E-state index contributed by atoms with van der Waals surface area (Å²) in [6.45, 7) is 5.71. The van der Waals surface area contributed by atoms with Crippen LogP contribution in [0.2, 0.25) is 0 Å². The minimum Gasteiger partial charge on any atom is -0.378 e. The van der Waals surface area contributed by atoms with E-state index in [-0.39, 0.29) is 11.9 Å². The van der Waals surface area contributed by atoms with Crippen molar-refractivity contribution in [2.45, 2.75) is 32.4 Å². The summed E-state index contributed by atoms with van der Waals surface area (Å²) in [4.78, 5) is 18.3. The Bertz CT molecular complexity index is 443. The number of anilines is 1. The monoisotopic (exact) mass is 292 g/mol. The van der Waals surface area contributed by atoms with Gasteiger partial charge in [-0.05, 0) is 18.1 Å². The molecule has 1 fully saturated rings. The van der Waals surface area contributed by atoms with Crippen LogP contribution in [0.25, 0.3) is 0 Å². The Morgan fingerprint density at radius 3 is 2.86 bits per heavy atom. The summed E-state index contributed by atoms with van der Waals surface area (Å²) in [5.74, 6) is 0.947. The van der Waals surface area contributed by atoms with Crippen LogP contribution in [0.5, 0.6) is 0 Å². The van der Waals surface area contributed by atoms with Crippen molar-refractivity contribution >= 4 is 11.7 Å². The van der Waals surface area contributed by atoms with Crippen molar-refractivity contribution in [3.05, 3.63) is 23.9 Å². The number of nitrogens with one attached hydrogen (secondary N) is 1. The van der Waals surface area contributed by atoms with Crippen LogP contribution in [0.4, 0.5) is 5.82 Å². The second-order valence-electron chi connectivity index (χ2n) is 5.27. The fourth-order valence-corrected chi connectivity index (χ4v) is 2.16. The highest BCUT2D eigenvalue weighted by atomic mass is 16.5. The third-order valence-electron chi connectivity index (χ3n) is 3.61. The van der Waals surface area contributed by atoms with E-state index in [4.69, 9.17) is 10.5 Å². The standard InChI is InChI=1S/C15H24N4O2/c1-2-13(16)9-15(20)18-11-12-3-4-14(17-10-12)19-5-7-21-8-6-19/h3-4,10,13H,2,5-9,11,16H2,1H3,(H,18,20). The fourth-order valence-electron chi connectivity index (χ4n) is 2.16. The van der Waals surface area contributed by atoms with Crippen LogP contribution >= 0.6 is 0 Å². The lowest BCUT2D eigenvalue weighted by Crippen LogP contribution is -2.36. The number of amides is 1. The lowest BCUT2D eigenvalue weighted by Gasteiger charge is -2.27. The Balaban J connectivity index is 1.80. The number of rotatable bonds is 6. The van der Waals surface area contributed by atoms with Gasteiger partial charge >= 0.3 is 0 Å². The van der Waals surface area contributed by atoms with E-state index < -0.39 is 0 Å². The molecule has 0 spiro atoms. The van der Waals surface area contributed by atoms with E-state index in [9.17, 15) is 4.79 Å². The molecule has 0 aliphatic carbocycles. The highest BCUT2D eigenvalue weighted by Crippen LogP contribution is 2.12. The first-order chi connectivity index (χ1) is 10.2. The van der Waals surface area contributed by atoms with E-state index in [0.29, 0.717) is 13.0 Å². The van der Waals surface area contributed by atoms with Gasteiger partial charge in [0.05, 0.1) is 13.2 Å². The normalized spacial score (nSPS) is 16.6. The SMILES string of the molecule is CCC(N)CC(=O)NCc1ccc(N2CCOCC2)nc1. The predicted molar refractivity (Wildman–Crippen MR) is 82.0 cm³/mol. The zero-order valence-corrected chi connectivity index (χ0v) is 12.5. The van der Waals surface area contributed by atoms with Crippen LogP contribution in [0.1, 0.15) is 25.3 Å². The van der Waals surface area contributed by atoms with E-state index in [1.54, 1.807) is 0 Å². The second-order valence-corrected chi connectivity index (χ2v) is 5.27. The molecule has 2 rings (SSSR count). The molecule has 2 heterocycles. The largest absolute Gasteiger partial charge is 0.378 e. The maximum absolute atomic E-state index is 11.7. The lowest BCUT2D eigenvalue weighted by molar-refractivity contribution is -0.121. The van der Waals surface area contributed by atoms with Crippen molar-refractivity contribution in [1.82, 2.24) is 10.3 Å². The zero-order valence-electron chi connectivity index (χ0n) is 12.5. The molecule has 21 heavy (non-hydrogen) atoms. The summed E-state index contributed by atoms with van der Waals surface area (Å²) >= 11 is 0.